The van der Waals surface area contributed by atoms with Crippen LogP contribution in [0.3, 0.4) is 0 Å². The summed E-state index contributed by atoms with van der Waals surface area (Å²) >= 11 is 0. The lowest BCUT2D eigenvalue weighted by atomic mass is 10.0. The van der Waals surface area contributed by atoms with Crippen LogP contribution in [0.2, 0.25) is 0 Å². The van der Waals surface area contributed by atoms with Gasteiger partial charge in [-0.2, -0.15) is 0 Å². The minimum Gasteiger partial charge on any atom is -0.383 e. The number of hydrogen-bond acceptors (Lipinski definition) is 5. The Balaban J connectivity index is 1.83. The fraction of sp³-hybridized carbons (Fsp3) is 0.350. The third-order valence-corrected chi connectivity index (χ3v) is 4.80. The molecule has 1 aliphatic heterocycles. The molecular formula is C20H22FN5O2. The van der Waals surface area contributed by atoms with Crippen molar-refractivity contribution in [2.75, 3.05) is 19.0 Å². The Morgan fingerprint density at radius 1 is 1.21 bits per heavy atom. The van der Waals surface area contributed by atoms with Crippen LogP contribution >= 0.6 is 0 Å². The first-order valence-corrected chi connectivity index (χ1v) is 9.27. The van der Waals surface area contributed by atoms with Crippen LogP contribution in [0.1, 0.15) is 13.3 Å². The molecule has 0 amide bonds. The van der Waals surface area contributed by atoms with Gasteiger partial charge in [0, 0.05) is 32.4 Å². The molecule has 1 N–H and O–H groups in total. The maximum Gasteiger partial charge on any atom is 0.275 e. The molecule has 0 fully saturated rings. The van der Waals surface area contributed by atoms with E-state index >= 15 is 0 Å². The van der Waals surface area contributed by atoms with Crippen molar-refractivity contribution in [3.63, 3.8) is 0 Å². The highest BCUT2D eigenvalue weighted by atomic mass is 19.1. The second-order valence-electron chi connectivity index (χ2n) is 6.90. The van der Waals surface area contributed by atoms with Gasteiger partial charge in [-0.25, -0.2) is 19.0 Å². The number of benzene rings is 1. The summed E-state index contributed by atoms with van der Waals surface area (Å²) in [4.78, 5) is 22.0. The number of fused-ring (bicyclic) bond motifs is 1. The van der Waals surface area contributed by atoms with E-state index in [0.29, 0.717) is 35.9 Å². The van der Waals surface area contributed by atoms with Crippen molar-refractivity contribution in [3.05, 3.63) is 52.7 Å². The van der Waals surface area contributed by atoms with Crippen molar-refractivity contribution >= 4 is 5.95 Å². The fourth-order valence-corrected chi connectivity index (χ4v) is 3.62. The molecule has 0 unspecified atom stereocenters. The van der Waals surface area contributed by atoms with Gasteiger partial charge < -0.3 is 10.1 Å². The van der Waals surface area contributed by atoms with E-state index in [1.54, 1.807) is 36.2 Å². The van der Waals surface area contributed by atoms with Gasteiger partial charge in [0.2, 0.25) is 5.95 Å². The number of ether oxygens (including phenoxy) is 1. The van der Waals surface area contributed by atoms with Gasteiger partial charge in [0.25, 0.3) is 5.56 Å². The van der Waals surface area contributed by atoms with Gasteiger partial charge >= 0.3 is 0 Å². The Labute approximate surface area is 161 Å². The van der Waals surface area contributed by atoms with Crippen LogP contribution < -0.4 is 10.9 Å². The summed E-state index contributed by atoms with van der Waals surface area (Å²) in [6.45, 7) is 3.90. The van der Waals surface area contributed by atoms with E-state index in [1.165, 1.54) is 12.1 Å². The van der Waals surface area contributed by atoms with Crippen LogP contribution in [-0.2, 0) is 17.8 Å². The number of halogens is 1. The van der Waals surface area contributed by atoms with Crippen molar-refractivity contribution in [2.24, 2.45) is 0 Å². The van der Waals surface area contributed by atoms with E-state index in [1.807, 2.05) is 11.6 Å². The first-order valence-electron chi connectivity index (χ1n) is 9.27. The van der Waals surface area contributed by atoms with Gasteiger partial charge in [0.15, 0.2) is 0 Å². The Bertz CT molecular complexity index is 1040. The maximum atomic E-state index is 13.4. The van der Waals surface area contributed by atoms with E-state index in [2.05, 4.69) is 15.3 Å². The predicted octanol–water partition coefficient (Wildman–Crippen LogP) is 2.76. The quantitative estimate of drug-likeness (QED) is 0.709. The number of anilines is 1. The van der Waals surface area contributed by atoms with Crippen LogP contribution in [0.4, 0.5) is 10.3 Å². The first kappa shape index (κ1) is 18.4. The predicted molar refractivity (Wildman–Crippen MR) is 105 cm³/mol. The topological polar surface area (TPSA) is 74.0 Å². The highest BCUT2D eigenvalue weighted by Gasteiger charge is 2.26. The molecular weight excluding hydrogens is 361 g/mol. The lowest BCUT2D eigenvalue weighted by molar-refractivity contribution is 0.190. The van der Waals surface area contributed by atoms with Gasteiger partial charge in [0.05, 0.1) is 23.6 Å². The number of nitrogens with one attached hydrogen (secondary N) is 1. The highest BCUT2D eigenvalue weighted by molar-refractivity contribution is 5.79. The molecule has 0 aliphatic carbocycles. The molecule has 8 heteroatoms. The van der Waals surface area contributed by atoms with E-state index in [4.69, 9.17) is 4.74 Å². The average Bonchev–Trinajstić information content (AvgIpc) is 3.25. The third-order valence-electron chi connectivity index (χ3n) is 4.80. The average molecular weight is 383 g/mol. The minimum atomic E-state index is -0.335. The largest absolute Gasteiger partial charge is 0.383 e. The van der Waals surface area contributed by atoms with E-state index in [9.17, 15) is 9.18 Å². The molecule has 2 aromatic heterocycles. The molecule has 1 aromatic carbocycles. The number of methoxy groups -OCH3 is 1. The number of nitrogens with zero attached hydrogens (tertiary/aromatic N) is 4. The minimum absolute atomic E-state index is 0.0410. The Kier molecular flexibility index (Phi) is 4.95. The van der Waals surface area contributed by atoms with Gasteiger partial charge in [-0.15, -0.1) is 0 Å². The molecule has 0 bridgehead atoms. The molecule has 0 saturated heterocycles. The normalized spacial score (nSPS) is 14.1. The SMILES string of the molecule is COC[C@H](C)Nc1nccc(-c2c(-c3ccc(F)cc3)c(=O)n3n2CCC3)n1. The highest BCUT2D eigenvalue weighted by Crippen LogP contribution is 2.31. The van der Waals surface area contributed by atoms with Gasteiger partial charge in [-0.3, -0.25) is 9.48 Å². The number of aromatic nitrogens is 4. The summed E-state index contributed by atoms with van der Waals surface area (Å²) in [5, 5.41) is 3.20. The second kappa shape index (κ2) is 7.55. The summed E-state index contributed by atoms with van der Waals surface area (Å²) in [5.41, 5.74) is 2.52. The maximum absolute atomic E-state index is 13.4. The van der Waals surface area contributed by atoms with Crippen LogP contribution in [0.25, 0.3) is 22.5 Å². The van der Waals surface area contributed by atoms with Crippen molar-refractivity contribution in [2.45, 2.75) is 32.5 Å². The van der Waals surface area contributed by atoms with Gasteiger partial charge in [-0.05, 0) is 37.1 Å². The monoisotopic (exact) mass is 383 g/mol. The van der Waals surface area contributed by atoms with Crippen molar-refractivity contribution < 1.29 is 9.13 Å². The molecule has 3 aromatic rings. The summed E-state index contributed by atoms with van der Waals surface area (Å²) in [7, 11) is 1.64. The Hall–Kier alpha value is -3.00. The summed E-state index contributed by atoms with van der Waals surface area (Å²) in [6, 6.07) is 7.83. The van der Waals surface area contributed by atoms with Gasteiger partial charge in [0.1, 0.15) is 5.82 Å². The zero-order chi connectivity index (χ0) is 19.7. The Morgan fingerprint density at radius 2 is 1.96 bits per heavy atom. The fourth-order valence-electron chi connectivity index (χ4n) is 3.62. The molecule has 4 rings (SSSR count). The molecule has 3 heterocycles. The lowest BCUT2D eigenvalue weighted by Gasteiger charge is -2.14. The molecule has 0 radical (unpaired) electrons. The number of hydrogen-bond donors (Lipinski definition) is 1. The van der Waals surface area contributed by atoms with Crippen LogP contribution in [0.5, 0.6) is 0 Å². The van der Waals surface area contributed by atoms with Crippen LogP contribution in [0, 0.1) is 5.82 Å². The standard InChI is InChI=1S/C20H22FN5O2/c1-13(12-28-2)23-20-22-9-8-16(24-20)18-17(14-4-6-15(21)7-5-14)19(27)26-11-3-10-25(18)26/h4-9,13H,3,10-12H2,1-2H3,(H,22,23,24)/t13-/m0/s1. The molecule has 7 nitrogen and oxygen atoms in total. The zero-order valence-electron chi connectivity index (χ0n) is 15.9. The Morgan fingerprint density at radius 3 is 2.71 bits per heavy atom. The lowest BCUT2D eigenvalue weighted by Crippen LogP contribution is -2.22. The summed E-state index contributed by atoms with van der Waals surface area (Å²) in [5.74, 6) is 0.135. The first-order chi connectivity index (χ1) is 13.6. The van der Waals surface area contributed by atoms with Crippen molar-refractivity contribution in [1.29, 1.82) is 0 Å². The second-order valence-corrected chi connectivity index (χ2v) is 6.90. The van der Waals surface area contributed by atoms with Gasteiger partial charge in [-0.1, -0.05) is 12.1 Å². The van der Waals surface area contributed by atoms with E-state index in [0.717, 1.165) is 18.7 Å². The zero-order valence-corrected chi connectivity index (χ0v) is 15.9. The summed E-state index contributed by atoms with van der Waals surface area (Å²) in [6.07, 6.45) is 2.57. The van der Waals surface area contributed by atoms with Crippen LogP contribution in [0.15, 0.2) is 41.3 Å². The molecule has 28 heavy (non-hydrogen) atoms. The summed E-state index contributed by atoms with van der Waals surface area (Å²) < 4.78 is 22.2. The van der Waals surface area contributed by atoms with Crippen molar-refractivity contribution in [3.8, 4) is 22.5 Å². The third kappa shape index (κ3) is 3.31. The molecule has 1 aliphatic rings. The molecule has 1 atom stereocenters. The van der Waals surface area contributed by atoms with E-state index < -0.39 is 0 Å². The molecule has 0 saturated carbocycles. The van der Waals surface area contributed by atoms with Crippen LogP contribution in [-0.4, -0.2) is 39.1 Å². The van der Waals surface area contributed by atoms with E-state index in [-0.39, 0.29) is 17.4 Å². The molecule has 146 valence electrons. The van der Waals surface area contributed by atoms with Crippen molar-refractivity contribution in [1.82, 2.24) is 19.3 Å². The smallest absolute Gasteiger partial charge is 0.275 e. The molecule has 0 spiro atoms. The number of rotatable bonds is 6.